The third-order valence-corrected chi connectivity index (χ3v) is 5.87. The van der Waals surface area contributed by atoms with Crippen LogP contribution < -0.4 is 64.4 Å². The van der Waals surface area contributed by atoms with Crippen LogP contribution in [-0.2, 0) is 19.5 Å². The van der Waals surface area contributed by atoms with Gasteiger partial charge in [-0.3, -0.25) is 5.04 Å². The van der Waals surface area contributed by atoms with Crippen LogP contribution in [0.2, 0.25) is 0 Å². The number of aromatic nitrogens is 3. The summed E-state index contributed by atoms with van der Waals surface area (Å²) in [5.41, 5.74) is 2.28. The Labute approximate surface area is 247 Å². The molecule has 4 aromatic rings. The minimum Gasteiger partial charge on any atom is -0.744 e. The van der Waals surface area contributed by atoms with E-state index in [1.165, 1.54) is 12.3 Å². The zero-order valence-electron chi connectivity index (χ0n) is 18.6. The molecule has 0 bridgehead atoms. The topological polar surface area (TPSA) is 161 Å². The van der Waals surface area contributed by atoms with Crippen LogP contribution in [0.3, 0.4) is 0 Å². The Kier molecular flexibility index (Phi) is 10.7. The smallest absolute Gasteiger partial charge is 0.744 e. The standard InChI is InChI=1S/C19H14N6O6S2.2Na/c1-11-18(15-5-3-4-6-16(15)22-11)23-24-19-17(20-2)10-21-25(19)12-7-13(32-31-30-26)9-14(8-12)33(27,28)29;;/h3-10,22,26H,1H3,(H,27,28,29);;/q;2*+1/p-2. The number of nitrogens with zero attached hydrogens (tertiary/aromatic N) is 5. The van der Waals surface area contributed by atoms with Crippen molar-refractivity contribution in [2.24, 2.45) is 10.2 Å². The van der Waals surface area contributed by atoms with Crippen molar-refractivity contribution in [1.29, 1.82) is 0 Å². The van der Waals surface area contributed by atoms with Crippen LogP contribution in [-0.4, -0.2) is 27.7 Å². The zero-order valence-corrected chi connectivity index (χ0v) is 24.3. The third kappa shape index (κ3) is 6.60. The molecule has 2 aromatic carbocycles. The first-order valence-electron chi connectivity index (χ1n) is 9.01. The first kappa shape index (κ1) is 29.6. The van der Waals surface area contributed by atoms with Gasteiger partial charge in [0.1, 0.15) is 15.8 Å². The summed E-state index contributed by atoms with van der Waals surface area (Å²) in [7, 11) is -4.87. The minimum absolute atomic E-state index is 0. The molecule has 0 unspecified atom stereocenters. The second-order valence-electron chi connectivity index (χ2n) is 6.56. The molecule has 0 saturated heterocycles. The number of hydrogen-bond donors (Lipinski definition) is 1. The summed E-state index contributed by atoms with van der Waals surface area (Å²) in [5.74, 6) is 0.00655. The second kappa shape index (κ2) is 12.6. The first-order chi connectivity index (χ1) is 15.8. The Hall–Kier alpha value is -1.58. The molecule has 0 amide bonds. The Morgan fingerprint density at radius 2 is 1.94 bits per heavy atom. The van der Waals surface area contributed by atoms with Crippen molar-refractivity contribution in [3.63, 3.8) is 0 Å². The van der Waals surface area contributed by atoms with Gasteiger partial charge in [-0.05, 0) is 31.2 Å². The number of para-hydroxylation sites is 1. The number of azo groups is 1. The number of benzene rings is 2. The van der Waals surface area contributed by atoms with Gasteiger partial charge in [0.25, 0.3) is 5.69 Å². The van der Waals surface area contributed by atoms with E-state index in [4.69, 9.17) is 6.57 Å². The van der Waals surface area contributed by atoms with Gasteiger partial charge in [-0.15, -0.1) is 10.2 Å². The van der Waals surface area contributed by atoms with Crippen molar-refractivity contribution in [1.82, 2.24) is 14.8 Å². The van der Waals surface area contributed by atoms with E-state index in [1.807, 2.05) is 31.2 Å². The normalized spacial score (nSPS) is 11.3. The van der Waals surface area contributed by atoms with Gasteiger partial charge in [-0.2, -0.15) is 9.43 Å². The summed E-state index contributed by atoms with van der Waals surface area (Å²) >= 11 is 0.395. The largest absolute Gasteiger partial charge is 1.00 e. The number of rotatable bonds is 7. The van der Waals surface area contributed by atoms with Gasteiger partial charge < -0.3 is 14.8 Å². The molecule has 35 heavy (non-hydrogen) atoms. The summed E-state index contributed by atoms with van der Waals surface area (Å²) in [6, 6.07) is 10.9. The predicted molar refractivity (Wildman–Crippen MR) is 113 cm³/mol. The quantitative estimate of drug-likeness (QED) is 0.0534. The van der Waals surface area contributed by atoms with Gasteiger partial charge >= 0.3 is 59.1 Å². The molecule has 1 N–H and O–H groups in total. The van der Waals surface area contributed by atoms with Gasteiger partial charge in [0, 0.05) is 21.5 Å². The van der Waals surface area contributed by atoms with Gasteiger partial charge in [-0.25, -0.2) is 17.9 Å². The van der Waals surface area contributed by atoms with Gasteiger partial charge in [0.05, 0.1) is 35.4 Å². The third-order valence-electron chi connectivity index (χ3n) is 4.51. The van der Waals surface area contributed by atoms with E-state index in [9.17, 15) is 18.2 Å². The van der Waals surface area contributed by atoms with Crippen molar-refractivity contribution in [3.8, 4) is 5.69 Å². The van der Waals surface area contributed by atoms with Gasteiger partial charge in [0.2, 0.25) is 0 Å². The molecule has 2 aromatic heterocycles. The zero-order chi connectivity index (χ0) is 23.6. The van der Waals surface area contributed by atoms with Crippen molar-refractivity contribution in [2.75, 3.05) is 0 Å². The van der Waals surface area contributed by atoms with Crippen molar-refractivity contribution in [2.45, 2.75) is 16.7 Å². The molecule has 0 atom stereocenters. The maximum atomic E-state index is 11.6. The van der Waals surface area contributed by atoms with Crippen LogP contribution in [0.4, 0.5) is 17.2 Å². The molecule has 0 fully saturated rings. The average Bonchev–Trinajstić information content (AvgIpc) is 3.35. The summed E-state index contributed by atoms with van der Waals surface area (Å²) in [4.78, 5) is 6.03. The molecular weight excluding hydrogens is 518 g/mol. The Balaban J connectivity index is 0.00000216. The van der Waals surface area contributed by atoms with Crippen LogP contribution in [0.1, 0.15) is 5.69 Å². The summed E-state index contributed by atoms with van der Waals surface area (Å²) in [6.45, 7) is 9.23. The van der Waals surface area contributed by atoms with E-state index in [0.717, 1.165) is 33.4 Å². The fourth-order valence-electron chi connectivity index (χ4n) is 3.11. The van der Waals surface area contributed by atoms with Gasteiger partial charge in [0.15, 0.2) is 5.82 Å². The molecule has 0 spiro atoms. The number of H-pyrrole nitrogens is 1. The molecular formula is C19H12N6Na2O6S2. The monoisotopic (exact) mass is 530 g/mol. The van der Waals surface area contributed by atoms with E-state index in [-0.39, 0.29) is 81.2 Å². The van der Waals surface area contributed by atoms with Crippen LogP contribution in [0.5, 0.6) is 0 Å². The van der Waals surface area contributed by atoms with Crippen LogP contribution in [0, 0.1) is 13.5 Å². The molecule has 0 radical (unpaired) electrons. The van der Waals surface area contributed by atoms with Crippen LogP contribution >= 0.6 is 12.0 Å². The Bertz CT molecular complexity index is 1530. The first-order valence-corrected chi connectivity index (χ1v) is 11.2. The number of nitrogens with one attached hydrogen (secondary N) is 1. The second-order valence-corrected chi connectivity index (χ2v) is 8.71. The molecule has 4 rings (SSSR count). The van der Waals surface area contributed by atoms with E-state index in [1.54, 1.807) is 0 Å². The Morgan fingerprint density at radius 1 is 1.20 bits per heavy atom. The van der Waals surface area contributed by atoms with E-state index in [2.05, 4.69) is 34.5 Å². The maximum Gasteiger partial charge on any atom is 1.00 e. The molecule has 0 aliphatic heterocycles. The summed E-state index contributed by atoms with van der Waals surface area (Å²) in [6.07, 6.45) is 1.23. The van der Waals surface area contributed by atoms with E-state index < -0.39 is 15.0 Å². The minimum atomic E-state index is -4.87. The van der Waals surface area contributed by atoms with Crippen molar-refractivity contribution >= 4 is 50.3 Å². The van der Waals surface area contributed by atoms with E-state index in [0.29, 0.717) is 17.7 Å². The van der Waals surface area contributed by atoms with Crippen molar-refractivity contribution < 1.29 is 86.7 Å². The number of aryl methyl sites for hydroxylation is 1. The summed E-state index contributed by atoms with van der Waals surface area (Å²) < 4.78 is 40.2. The summed E-state index contributed by atoms with van der Waals surface area (Å²) in [5, 5.41) is 26.8. The molecule has 0 saturated carbocycles. The van der Waals surface area contributed by atoms with E-state index >= 15 is 0 Å². The molecule has 168 valence electrons. The van der Waals surface area contributed by atoms with Crippen molar-refractivity contribution in [3.05, 3.63) is 65.8 Å². The van der Waals surface area contributed by atoms with Crippen LogP contribution in [0.15, 0.2) is 68.7 Å². The molecule has 2 heterocycles. The van der Waals surface area contributed by atoms with Gasteiger partial charge in [-0.1, -0.05) is 18.2 Å². The fraction of sp³-hybridized carbons (Fsp3) is 0.0526. The van der Waals surface area contributed by atoms with Crippen LogP contribution in [0.25, 0.3) is 21.4 Å². The maximum absolute atomic E-state index is 11.6. The number of fused-ring (bicyclic) bond motifs is 1. The number of aromatic amines is 1. The number of hydrogen-bond acceptors (Lipinski definition) is 10. The molecule has 16 heteroatoms. The molecule has 0 aliphatic rings. The SMILES string of the molecule is [C-]#[N+]c1cnn(-c2cc(SOO[O-])cc(S(=O)(=O)[O-])c2)c1N=Nc1c(C)[nH]c2ccccc12.[Na+].[Na+]. The molecule has 0 aliphatic carbocycles. The predicted octanol–water partition coefficient (Wildman–Crippen LogP) is -2.23. The fourth-order valence-corrected chi connectivity index (χ4v) is 4.17. The average molecular weight is 530 g/mol. The molecule has 12 nitrogen and oxygen atoms in total. The Morgan fingerprint density at radius 3 is 2.63 bits per heavy atom.